The number of carbonyl (C=O) groups excluding carboxylic acids is 2. The van der Waals surface area contributed by atoms with Gasteiger partial charge in [0.15, 0.2) is 0 Å². The highest BCUT2D eigenvalue weighted by molar-refractivity contribution is 7.99. The van der Waals surface area contributed by atoms with Crippen LogP contribution in [-0.4, -0.2) is 35.1 Å². The smallest absolute Gasteiger partial charge is 0.243 e. The van der Waals surface area contributed by atoms with Crippen molar-refractivity contribution in [1.82, 2.24) is 10.2 Å². The van der Waals surface area contributed by atoms with E-state index in [1.54, 1.807) is 4.90 Å². The minimum atomic E-state index is -0.611. The Hall–Kier alpha value is -2.76. The van der Waals surface area contributed by atoms with Crippen molar-refractivity contribution in [3.63, 3.8) is 0 Å². The molecular formula is C30H35ClN2O2S. The van der Waals surface area contributed by atoms with Crippen molar-refractivity contribution in [2.24, 2.45) is 5.92 Å². The summed E-state index contributed by atoms with van der Waals surface area (Å²) in [6.07, 6.45) is 0.456. The molecule has 4 nitrogen and oxygen atoms in total. The van der Waals surface area contributed by atoms with Crippen molar-refractivity contribution in [1.29, 1.82) is 0 Å². The van der Waals surface area contributed by atoms with Crippen LogP contribution >= 0.6 is 23.4 Å². The van der Waals surface area contributed by atoms with Gasteiger partial charge in [-0.3, -0.25) is 9.59 Å². The second kappa shape index (κ2) is 14.1. The number of nitrogens with one attached hydrogen (secondary N) is 1. The lowest BCUT2D eigenvalue weighted by molar-refractivity contribution is -0.139. The zero-order chi connectivity index (χ0) is 25.9. The number of thioether (sulfide) groups is 1. The van der Waals surface area contributed by atoms with E-state index in [1.807, 2.05) is 79.7 Å². The quantitative estimate of drug-likeness (QED) is 0.304. The SMILES string of the molecule is Cc1cccc(CN(C(=O)CSCc2ccccc2Cl)[C@H](Cc2ccccc2)C(=O)NCC(C)C)c1. The molecule has 0 aromatic heterocycles. The summed E-state index contributed by atoms with van der Waals surface area (Å²) in [6.45, 7) is 7.10. The van der Waals surface area contributed by atoms with Crippen LogP contribution in [0.15, 0.2) is 78.9 Å². The third-order valence-corrected chi connectivity index (χ3v) is 7.17. The Kier molecular flexibility index (Phi) is 10.9. The van der Waals surface area contributed by atoms with Crippen LogP contribution in [0.5, 0.6) is 0 Å². The molecule has 0 saturated heterocycles. The topological polar surface area (TPSA) is 49.4 Å². The highest BCUT2D eigenvalue weighted by Gasteiger charge is 2.30. The normalized spacial score (nSPS) is 11.8. The first-order valence-electron chi connectivity index (χ1n) is 12.3. The Morgan fingerprint density at radius 2 is 1.64 bits per heavy atom. The fourth-order valence-electron chi connectivity index (χ4n) is 3.93. The van der Waals surface area contributed by atoms with Crippen molar-refractivity contribution in [2.45, 2.75) is 45.5 Å². The van der Waals surface area contributed by atoms with Crippen LogP contribution in [0.25, 0.3) is 0 Å². The molecule has 0 unspecified atom stereocenters. The van der Waals surface area contributed by atoms with Gasteiger partial charge in [0.2, 0.25) is 11.8 Å². The minimum absolute atomic E-state index is 0.0609. The fourth-order valence-corrected chi connectivity index (χ4v) is 5.13. The number of carbonyl (C=O) groups is 2. The molecule has 36 heavy (non-hydrogen) atoms. The van der Waals surface area contributed by atoms with Gasteiger partial charge in [-0.15, -0.1) is 11.8 Å². The maximum atomic E-state index is 13.7. The van der Waals surface area contributed by atoms with E-state index < -0.39 is 6.04 Å². The first kappa shape index (κ1) is 27.8. The summed E-state index contributed by atoms with van der Waals surface area (Å²) in [4.78, 5) is 28.9. The second-order valence-electron chi connectivity index (χ2n) is 9.44. The third-order valence-electron chi connectivity index (χ3n) is 5.83. The highest BCUT2D eigenvalue weighted by atomic mass is 35.5. The van der Waals surface area contributed by atoms with Gasteiger partial charge in [0.25, 0.3) is 0 Å². The Bertz CT molecular complexity index is 1140. The van der Waals surface area contributed by atoms with Gasteiger partial charge in [0.1, 0.15) is 6.04 Å². The van der Waals surface area contributed by atoms with Crippen LogP contribution in [0.1, 0.15) is 36.1 Å². The molecule has 0 aliphatic rings. The van der Waals surface area contributed by atoms with Crippen LogP contribution in [-0.2, 0) is 28.3 Å². The van der Waals surface area contributed by atoms with E-state index in [-0.39, 0.29) is 17.6 Å². The molecule has 190 valence electrons. The van der Waals surface area contributed by atoms with Crippen molar-refractivity contribution in [2.75, 3.05) is 12.3 Å². The third kappa shape index (κ3) is 8.72. The molecule has 0 radical (unpaired) electrons. The summed E-state index contributed by atoms with van der Waals surface area (Å²) < 4.78 is 0. The van der Waals surface area contributed by atoms with Crippen molar-refractivity contribution in [3.8, 4) is 0 Å². The number of hydrogen-bond donors (Lipinski definition) is 1. The summed E-state index contributed by atoms with van der Waals surface area (Å²) in [6, 6.07) is 25.1. The number of nitrogens with zero attached hydrogens (tertiary/aromatic N) is 1. The highest BCUT2D eigenvalue weighted by Crippen LogP contribution is 2.22. The molecule has 0 saturated carbocycles. The lowest BCUT2D eigenvalue weighted by Crippen LogP contribution is -2.51. The maximum Gasteiger partial charge on any atom is 0.243 e. The maximum absolute atomic E-state index is 13.7. The van der Waals surface area contributed by atoms with E-state index in [1.165, 1.54) is 11.8 Å². The van der Waals surface area contributed by atoms with Gasteiger partial charge in [0, 0.05) is 30.3 Å². The molecule has 1 atom stereocenters. The Morgan fingerprint density at radius 3 is 2.33 bits per heavy atom. The van der Waals surface area contributed by atoms with E-state index in [0.29, 0.717) is 36.2 Å². The first-order chi connectivity index (χ1) is 17.3. The van der Waals surface area contributed by atoms with Crippen molar-refractivity contribution in [3.05, 3.63) is 106 Å². The zero-order valence-corrected chi connectivity index (χ0v) is 22.8. The summed E-state index contributed by atoms with van der Waals surface area (Å²) in [5.41, 5.74) is 4.15. The number of amides is 2. The van der Waals surface area contributed by atoms with E-state index >= 15 is 0 Å². The van der Waals surface area contributed by atoms with Gasteiger partial charge in [-0.25, -0.2) is 0 Å². The second-order valence-corrected chi connectivity index (χ2v) is 10.8. The van der Waals surface area contributed by atoms with E-state index in [2.05, 4.69) is 25.2 Å². The molecule has 1 N–H and O–H groups in total. The predicted octanol–water partition coefficient (Wildman–Crippen LogP) is 6.29. The molecule has 6 heteroatoms. The summed E-state index contributed by atoms with van der Waals surface area (Å²) >= 11 is 7.82. The van der Waals surface area contributed by atoms with E-state index in [9.17, 15) is 9.59 Å². The monoisotopic (exact) mass is 522 g/mol. The van der Waals surface area contributed by atoms with Crippen LogP contribution < -0.4 is 5.32 Å². The van der Waals surface area contributed by atoms with Crippen LogP contribution in [0.3, 0.4) is 0 Å². The van der Waals surface area contributed by atoms with E-state index in [4.69, 9.17) is 11.6 Å². The molecule has 3 rings (SSSR count). The van der Waals surface area contributed by atoms with Crippen LogP contribution in [0.4, 0.5) is 0 Å². The van der Waals surface area contributed by atoms with Gasteiger partial charge >= 0.3 is 0 Å². The Morgan fingerprint density at radius 1 is 0.944 bits per heavy atom. The molecule has 0 aliphatic heterocycles. The Balaban J connectivity index is 1.85. The number of rotatable bonds is 12. The molecule has 3 aromatic carbocycles. The van der Waals surface area contributed by atoms with Crippen molar-refractivity contribution < 1.29 is 9.59 Å². The van der Waals surface area contributed by atoms with Gasteiger partial charge in [-0.2, -0.15) is 0 Å². The Labute approximate surface area is 224 Å². The molecule has 3 aromatic rings. The predicted molar refractivity (Wildman–Crippen MR) is 151 cm³/mol. The number of aryl methyl sites for hydroxylation is 1. The molecule has 0 fully saturated rings. The summed E-state index contributed by atoms with van der Waals surface area (Å²) in [5, 5.41) is 3.77. The molecule has 0 aliphatic carbocycles. The van der Waals surface area contributed by atoms with Gasteiger partial charge in [-0.1, -0.05) is 104 Å². The lowest BCUT2D eigenvalue weighted by atomic mass is 10.0. The summed E-state index contributed by atoms with van der Waals surface area (Å²) in [7, 11) is 0. The average molecular weight is 523 g/mol. The minimum Gasteiger partial charge on any atom is -0.354 e. The number of hydrogen-bond acceptors (Lipinski definition) is 3. The number of halogens is 1. The molecule has 0 heterocycles. The summed E-state index contributed by atoms with van der Waals surface area (Å²) in [5.74, 6) is 1.03. The van der Waals surface area contributed by atoms with Gasteiger partial charge in [0.05, 0.1) is 5.75 Å². The van der Waals surface area contributed by atoms with Crippen molar-refractivity contribution >= 4 is 35.2 Å². The van der Waals surface area contributed by atoms with Crippen LogP contribution in [0.2, 0.25) is 5.02 Å². The van der Waals surface area contributed by atoms with E-state index in [0.717, 1.165) is 22.3 Å². The molecule has 0 spiro atoms. The van der Waals surface area contributed by atoms with Gasteiger partial charge in [-0.05, 0) is 35.6 Å². The lowest BCUT2D eigenvalue weighted by Gasteiger charge is -2.32. The largest absolute Gasteiger partial charge is 0.354 e. The molecular weight excluding hydrogens is 488 g/mol. The first-order valence-corrected chi connectivity index (χ1v) is 13.8. The van der Waals surface area contributed by atoms with Gasteiger partial charge < -0.3 is 10.2 Å². The standard InChI is InChI=1S/C30H35ClN2O2S/c1-22(2)18-32-30(35)28(17-24-11-5-4-6-12-24)33(19-25-13-9-10-23(3)16-25)29(34)21-36-20-26-14-7-8-15-27(26)31/h4-16,22,28H,17-21H2,1-3H3,(H,32,35)/t28-/m1/s1. The van der Waals surface area contributed by atoms with Crippen LogP contribution in [0, 0.1) is 12.8 Å². The molecule has 2 amide bonds. The fraction of sp³-hybridized carbons (Fsp3) is 0.333. The average Bonchev–Trinajstić information content (AvgIpc) is 2.86. The number of benzene rings is 3. The zero-order valence-electron chi connectivity index (χ0n) is 21.2. The molecule has 0 bridgehead atoms.